The molecule has 1 aliphatic rings. The van der Waals surface area contributed by atoms with Gasteiger partial charge in [0.15, 0.2) is 0 Å². The Balaban J connectivity index is 1.84. The number of nitrogens with zero attached hydrogens (tertiary/aromatic N) is 3. The Kier molecular flexibility index (Phi) is 5.28. The fourth-order valence-corrected chi connectivity index (χ4v) is 2.36. The zero-order valence-electron chi connectivity index (χ0n) is 11.0. The van der Waals surface area contributed by atoms with Gasteiger partial charge in [0.25, 0.3) is 0 Å². The fourth-order valence-electron chi connectivity index (χ4n) is 2.36. The molecule has 1 aromatic rings. The Morgan fingerprint density at radius 1 is 1.47 bits per heavy atom. The van der Waals surface area contributed by atoms with E-state index in [2.05, 4.69) is 16.0 Å². The van der Waals surface area contributed by atoms with Crippen molar-refractivity contribution in [1.82, 2.24) is 9.88 Å². The number of aliphatic hydroxyl groups is 1. The molecule has 0 bridgehead atoms. The number of ether oxygens (including phenoxy) is 1. The van der Waals surface area contributed by atoms with E-state index in [-0.39, 0.29) is 12.7 Å². The van der Waals surface area contributed by atoms with Gasteiger partial charge in [-0.15, -0.1) is 0 Å². The molecule has 5 nitrogen and oxygen atoms in total. The molecule has 1 N–H and O–H groups in total. The van der Waals surface area contributed by atoms with Crippen molar-refractivity contribution in [2.75, 3.05) is 26.3 Å². The number of piperidine rings is 1. The molecule has 1 fully saturated rings. The molecular weight excluding hydrogens is 242 g/mol. The Hall–Kier alpha value is -1.48. The molecule has 102 valence electrons. The lowest BCUT2D eigenvalue weighted by Crippen LogP contribution is -2.37. The summed E-state index contributed by atoms with van der Waals surface area (Å²) in [4.78, 5) is 6.39. The van der Waals surface area contributed by atoms with E-state index < -0.39 is 0 Å². The summed E-state index contributed by atoms with van der Waals surface area (Å²) >= 11 is 0. The second-order valence-corrected chi connectivity index (χ2v) is 4.69. The number of likely N-dealkylation sites (tertiary alicyclic amines) is 1. The summed E-state index contributed by atoms with van der Waals surface area (Å²) in [5.74, 6) is 0. The van der Waals surface area contributed by atoms with Gasteiger partial charge in [0.05, 0.1) is 19.3 Å². The summed E-state index contributed by atoms with van der Waals surface area (Å²) in [7, 11) is 0. The van der Waals surface area contributed by atoms with Gasteiger partial charge in [0.2, 0.25) is 0 Å². The molecule has 0 aromatic carbocycles. The summed E-state index contributed by atoms with van der Waals surface area (Å²) in [5, 5.41) is 17.7. The quantitative estimate of drug-likeness (QED) is 0.853. The maximum Gasteiger partial charge on any atom is 0.144 e. The number of hydrogen-bond acceptors (Lipinski definition) is 5. The maximum absolute atomic E-state index is 9.01. The molecule has 0 radical (unpaired) electrons. The molecule has 1 aliphatic heterocycles. The Morgan fingerprint density at radius 2 is 2.26 bits per heavy atom. The summed E-state index contributed by atoms with van der Waals surface area (Å²) in [6, 6.07) is 5.96. The number of nitriles is 1. The van der Waals surface area contributed by atoms with Crippen molar-refractivity contribution in [3.05, 3.63) is 29.6 Å². The van der Waals surface area contributed by atoms with Crippen molar-refractivity contribution >= 4 is 0 Å². The molecule has 0 unspecified atom stereocenters. The van der Waals surface area contributed by atoms with Gasteiger partial charge in [-0.1, -0.05) is 6.07 Å². The minimum atomic E-state index is 0.0848. The molecule has 19 heavy (non-hydrogen) atoms. The number of aliphatic hydroxyl groups excluding tert-OH is 1. The average molecular weight is 261 g/mol. The number of rotatable bonds is 5. The van der Waals surface area contributed by atoms with Crippen LogP contribution in [0.4, 0.5) is 0 Å². The first kappa shape index (κ1) is 13.9. The van der Waals surface area contributed by atoms with E-state index >= 15 is 0 Å². The molecule has 2 rings (SSSR count). The van der Waals surface area contributed by atoms with Crippen LogP contribution in [-0.4, -0.2) is 47.4 Å². The van der Waals surface area contributed by atoms with Crippen LogP contribution in [0.2, 0.25) is 0 Å². The smallest absolute Gasteiger partial charge is 0.144 e. The van der Waals surface area contributed by atoms with Crippen LogP contribution in [-0.2, 0) is 11.3 Å². The second kappa shape index (κ2) is 7.19. The monoisotopic (exact) mass is 261 g/mol. The molecule has 2 heterocycles. The lowest BCUT2D eigenvalue weighted by atomic mass is 10.1. The van der Waals surface area contributed by atoms with Gasteiger partial charge in [-0.25, -0.2) is 4.98 Å². The zero-order valence-corrected chi connectivity index (χ0v) is 11.0. The van der Waals surface area contributed by atoms with Crippen LogP contribution in [0.5, 0.6) is 0 Å². The minimum Gasteiger partial charge on any atom is -0.394 e. The first-order chi connectivity index (χ1) is 9.33. The topological polar surface area (TPSA) is 69.4 Å². The normalized spacial score (nSPS) is 17.3. The van der Waals surface area contributed by atoms with Crippen LogP contribution < -0.4 is 0 Å². The average Bonchev–Trinajstić information content (AvgIpc) is 2.47. The van der Waals surface area contributed by atoms with Crippen LogP contribution >= 0.6 is 0 Å². The standard InChI is InChI=1S/C14H19N3O2/c15-10-14-12(2-1-5-16-14)11-17-6-3-13(4-7-17)19-9-8-18/h1-2,5,13,18H,3-4,6-9,11H2. The van der Waals surface area contributed by atoms with Crippen molar-refractivity contribution in [3.8, 4) is 6.07 Å². The maximum atomic E-state index is 9.01. The predicted octanol–water partition coefficient (Wildman–Crippen LogP) is 0.927. The van der Waals surface area contributed by atoms with Gasteiger partial charge in [-0.05, 0) is 18.9 Å². The summed E-state index contributed by atoms with van der Waals surface area (Å²) in [6.45, 7) is 3.18. The van der Waals surface area contributed by atoms with E-state index in [9.17, 15) is 0 Å². The third-order valence-corrected chi connectivity index (χ3v) is 3.37. The van der Waals surface area contributed by atoms with Gasteiger partial charge in [0, 0.05) is 31.4 Å². The van der Waals surface area contributed by atoms with Crippen LogP contribution in [0.3, 0.4) is 0 Å². The molecular formula is C14H19N3O2. The van der Waals surface area contributed by atoms with E-state index in [4.69, 9.17) is 15.1 Å². The number of pyridine rings is 1. The van der Waals surface area contributed by atoms with E-state index in [1.54, 1.807) is 6.20 Å². The van der Waals surface area contributed by atoms with Crippen LogP contribution in [0.25, 0.3) is 0 Å². The predicted molar refractivity (Wildman–Crippen MR) is 70.3 cm³/mol. The van der Waals surface area contributed by atoms with E-state index in [0.717, 1.165) is 38.0 Å². The number of hydrogen-bond donors (Lipinski definition) is 1. The third kappa shape index (κ3) is 4.00. The first-order valence-corrected chi connectivity index (χ1v) is 6.62. The molecule has 0 spiro atoms. The third-order valence-electron chi connectivity index (χ3n) is 3.37. The Morgan fingerprint density at radius 3 is 2.95 bits per heavy atom. The van der Waals surface area contributed by atoms with E-state index in [0.29, 0.717) is 12.3 Å². The molecule has 0 aliphatic carbocycles. The highest BCUT2D eigenvalue weighted by molar-refractivity contribution is 5.30. The van der Waals surface area contributed by atoms with Gasteiger partial charge in [0.1, 0.15) is 11.8 Å². The Bertz CT molecular complexity index is 437. The largest absolute Gasteiger partial charge is 0.394 e. The summed E-state index contributed by atoms with van der Waals surface area (Å²) in [6.07, 6.45) is 3.86. The summed E-state index contributed by atoms with van der Waals surface area (Å²) in [5.41, 5.74) is 1.50. The van der Waals surface area contributed by atoms with Crippen molar-refractivity contribution in [2.24, 2.45) is 0 Å². The minimum absolute atomic E-state index is 0.0848. The highest BCUT2D eigenvalue weighted by Crippen LogP contribution is 2.17. The van der Waals surface area contributed by atoms with Gasteiger partial charge in [-0.3, -0.25) is 4.90 Å². The fraction of sp³-hybridized carbons (Fsp3) is 0.571. The molecule has 5 heteroatoms. The van der Waals surface area contributed by atoms with Gasteiger partial charge >= 0.3 is 0 Å². The van der Waals surface area contributed by atoms with Crippen LogP contribution in [0.1, 0.15) is 24.1 Å². The molecule has 0 amide bonds. The van der Waals surface area contributed by atoms with Crippen molar-refractivity contribution in [1.29, 1.82) is 5.26 Å². The zero-order chi connectivity index (χ0) is 13.5. The number of aromatic nitrogens is 1. The highest BCUT2D eigenvalue weighted by Gasteiger charge is 2.20. The van der Waals surface area contributed by atoms with Gasteiger partial charge in [-0.2, -0.15) is 5.26 Å². The second-order valence-electron chi connectivity index (χ2n) is 4.69. The Labute approximate surface area is 113 Å². The van der Waals surface area contributed by atoms with Crippen molar-refractivity contribution in [3.63, 3.8) is 0 Å². The molecule has 1 aromatic heterocycles. The van der Waals surface area contributed by atoms with E-state index in [1.165, 1.54) is 0 Å². The lowest BCUT2D eigenvalue weighted by molar-refractivity contribution is -0.00903. The van der Waals surface area contributed by atoms with E-state index in [1.807, 2.05) is 12.1 Å². The molecule has 0 saturated carbocycles. The van der Waals surface area contributed by atoms with Crippen molar-refractivity contribution in [2.45, 2.75) is 25.5 Å². The highest BCUT2D eigenvalue weighted by atomic mass is 16.5. The first-order valence-electron chi connectivity index (χ1n) is 6.62. The van der Waals surface area contributed by atoms with Crippen LogP contribution in [0.15, 0.2) is 18.3 Å². The lowest BCUT2D eigenvalue weighted by Gasteiger charge is -2.31. The SMILES string of the molecule is N#Cc1ncccc1CN1CCC(OCCO)CC1. The molecule has 1 saturated heterocycles. The van der Waals surface area contributed by atoms with Crippen molar-refractivity contribution < 1.29 is 9.84 Å². The molecule has 0 atom stereocenters. The van der Waals surface area contributed by atoms with Crippen LogP contribution in [0, 0.1) is 11.3 Å². The van der Waals surface area contributed by atoms with Gasteiger partial charge < -0.3 is 9.84 Å². The summed E-state index contributed by atoms with van der Waals surface area (Å²) < 4.78 is 5.53.